The molecule has 0 saturated heterocycles. The number of ketones is 1. The van der Waals surface area contributed by atoms with Gasteiger partial charge in [-0.2, -0.15) is 4.68 Å². The molecule has 0 N–H and O–H groups in total. The van der Waals surface area contributed by atoms with Crippen LogP contribution in [0.25, 0.3) is 5.69 Å². The first-order valence-corrected chi connectivity index (χ1v) is 9.00. The number of tetrazole rings is 1. The molecule has 0 unspecified atom stereocenters. The molecule has 0 spiro atoms. The lowest BCUT2D eigenvalue weighted by Crippen LogP contribution is -2.03. The summed E-state index contributed by atoms with van der Waals surface area (Å²) in [5.74, 6) is 0.373. The molecule has 2 heterocycles. The largest absolute Gasteiger partial charge is 0.292 e. The van der Waals surface area contributed by atoms with E-state index in [1.807, 2.05) is 43.3 Å². The summed E-state index contributed by atoms with van der Waals surface area (Å²) in [4.78, 5) is 12.9. The number of carbonyl (C=O) groups excluding carboxylic acids is 1. The summed E-state index contributed by atoms with van der Waals surface area (Å²) in [5.41, 5.74) is 2.05. The van der Waals surface area contributed by atoms with E-state index < -0.39 is 0 Å². The van der Waals surface area contributed by atoms with Gasteiger partial charge in [0.2, 0.25) is 5.16 Å². The molecule has 5 nitrogen and oxygen atoms in total. The van der Waals surface area contributed by atoms with Gasteiger partial charge in [0.25, 0.3) is 0 Å². The molecule has 0 fully saturated rings. The minimum atomic E-state index is 0.0687. The summed E-state index contributed by atoms with van der Waals surface area (Å²) in [6, 6.07) is 11.6. The lowest BCUT2D eigenvalue weighted by molar-refractivity contribution is 0.102. The molecule has 0 aliphatic rings. The van der Waals surface area contributed by atoms with Crippen LogP contribution in [0.2, 0.25) is 0 Å². The van der Waals surface area contributed by atoms with Crippen molar-refractivity contribution >= 4 is 44.8 Å². The third kappa shape index (κ3) is 3.45. The zero-order chi connectivity index (χ0) is 15.5. The molecule has 3 rings (SSSR count). The molecule has 112 valence electrons. The first kappa shape index (κ1) is 15.4. The third-order valence-corrected chi connectivity index (χ3v) is 5.48. The van der Waals surface area contributed by atoms with Gasteiger partial charge in [0, 0.05) is 0 Å². The van der Waals surface area contributed by atoms with Crippen LogP contribution in [-0.2, 0) is 0 Å². The van der Waals surface area contributed by atoms with E-state index >= 15 is 0 Å². The smallest absolute Gasteiger partial charge is 0.214 e. The van der Waals surface area contributed by atoms with Crippen LogP contribution < -0.4 is 0 Å². The maximum absolute atomic E-state index is 12.1. The Hall–Kier alpha value is -1.51. The minimum Gasteiger partial charge on any atom is -0.292 e. The summed E-state index contributed by atoms with van der Waals surface area (Å²) >= 11 is 6.13. The standard InChI is InChI=1S/C14H11BrN4OS2/c1-9-2-4-10(5-3-9)19-14(16-17-18-19)21-8-11(20)12-6-7-13(15)22-12/h2-7H,8H2,1H3. The summed E-state index contributed by atoms with van der Waals surface area (Å²) < 4.78 is 2.59. The number of nitrogens with zero attached hydrogens (tertiary/aromatic N) is 4. The van der Waals surface area contributed by atoms with Crippen molar-refractivity contribution in [2.75, 3.05) is 5.75 Å². The fraction of sp³-hybridized carbons (Fsp3) is 0.143. The van der Waals surface area contributed by atoms with Crippen LogP contribution in [0.3, 0.4) is 0 Å². The number of Topliss-reactive ketones (excluding diaryl/α,β-unsaturated/α-hetero) is 1. The molecular weight excluding hydrogens is 384 g/mol. The molecule has 0 amide bonds. The van der Waals surface area contributed by atoms with Crippen LogP contribution in [-0.4, -0.2) is 31.7 Å². The number of aromatic nitrogens is 4. The zero-order valence-corrected chi connectivity index (χ0v) is 14.8. The predicted molar refractivity (Wildman–Crippen MR) is 91.0 cm³/mol. The number of hydrogen-bond acceptors (Lipinski definition) is 6. The summed E-state index contributed by atoms with van der Waals surface area (Å²) in [5, 5.41) is 12.3. The lowest BCUT2D eigenvalue weighted by atomic mass is 10.2. The van der Waals surface area contributed by atoms with E-state index in [9.17, 15) is 4.79 Å². The van der Waals surface area contributed by atoms with Crippen molar-refractivity contribution in [3.8, 4) is 5.69 Å². The second-order valence-corrected chi connectivity index (χ2v) is 7.93. The van der Waals surface area contributed by atoms with E-state index in [0.717, 1.165) is 14.4 Å². The Balaban J connectivity index is 1.73. The topological polar surface area (TPSA) is 60.7 Å². The van der Waals surface area contributed by atoms with E-state index in [1.165, 1.54) is 28.7 Å². The predicted octanol–water partition coefficient (Wildman–Crippen LogP) is 3.77. The van der Waals surface area contributed by atoms with Gasteiger partial charge in [0.15, 0.2) is 5.78 Å². The molecule has 0 radical (unpaired) electrons. The molecule has 0 saturated carbocycles. The molecule has 0 bridgehead atoms. The second-order valence-electron chi connectivity index (χ2n) is 4.52. The molecule has 2 aromatic heterocycles. The summed E-state index contributed by atoms with van der Waals surface area (Å²) in [6.45, 7) is 2.02. The van der Waals surface area contributed by atoms with Crippen LogP contribution in [0.5, 0.6) is 0 Å². The van der Waals surface area contributed by atoms with Crippen molar-refractivity contribution in [2.45, 2.75) is 12.1 Å². The first-order chi connectivity index (χ1) is 10.6. The zero-order valence-electron chi connectivity index (χ0n) is 11.6. The van der Waals surface area contributed by atoms with Crippen molar-refractivity contribution in [3.05, 3.63) is 50.6 Å². The average Bonchev–Trinajstić information content (AvgIpc) is 3.14. The molecule has 3 aromatic rings. The highest BCUT2D eigenvalue weighted by molar-refractivity contribution is 9.11. The van der Waals surface area contributed by atoms with E-state index in [0.29, 0.717) is 10.9 Å². The molecule has 22 heavy (non-hydrogen) atoms. The van der Waals surface area contributed by atoms with Crippen molar-refractivity contribution in [2.24, 2.45) is 0 Å². The van der Waals surface area contributed by atoms with Gasteiger partial charge < -0.3 is 0 Å². The number of benzene rings is 1. The van der Waals surface area contributed by atoms with Crippen molar-refractivity contribution < 1.29 is 4.79 Å². The maximum atomic E-state index is 12.1. The summed E-state index contributed by atoms with van der Waals surface area (Å²) in [6.07, 6.45) is 0. The average molecular weight is 395 g/mol. The maximum Gasteiger partial charge on any atom is 0.214 e. The first-order valence-electron chi connectivity index (χ1n) is 6.40. The molecule has 0 atom stereocenters. The molecule has 8 heteroatoms. The van der Waals surface area contributed by atoms with Crippen LogP contribution in [0.1, 0.15) is 15.2 Å². The van der Waals surface area contributed by atoms with Gasteiger partial charge in [-0.3, -0.25) is 4.79 Å². The number of hydrogen-bond donors (Lipinski definition) is 0. The number of thiophene rings is 1. The number of rotatable bonds is 5. The van der Waals surface area contributed by atoms with Crippen LogP contribution in [0, 0.1) is 6.92 Å². The van der Waals surface area contributed by atoms with Crippen LogP contribution in [0.15, 0.2) is 45.3 Å². The fourth-order valence-corrected chi connectivity index (χ4v) is 3.97. The van der Waals surface area contributed by atoms with Gasteiger partial charge in [-0.1, -0.05) is 29.5 Å². The van der Waals surface area contributed by atoms with Crippen molar-refractivity contribution in [1.82, 2.24) is 20.2 Å². The van der Waals surface area contributed by atoms with Gasteiger partial charge >= 0.3 is 0 Å². The number of thioether (sulfide) groups is 1. The van der Waals surface area contributed by atoms with Gasteiger partial charge in [0.05, 0.1) is 20.1 Å². The van der Waals surface area contributed by atoms with Crippen LogP contribution in [0.4, 0.5) is 0 Å². The SMILES string of the molecule is Cc1ccc(-n2nnnc2SCC(=O)c2ccc(Br)s2)cc1. The second kappa shape index (κ2) is 6.72. The Bertz CT molecular complexity index is 797. The highest BCUT2D eigenvalue weighted by Crippen LogP contribution is 2.25. The lowest BCUT2D eigenvalue weighted by Gasteiger charge is -2.04. The van der Waals surface area contributed by atoms with Gasteiger partial charge in [0.1, 0.15) is 0 Å². The number of carbonyl (C=O) groups is 1. The Kier molecular flexibility index (Phi) is 4.70. The Morgan fingerprint density at radius 2 is 2.05 bits per heavy atom. The fourth-order valence-electron chi connectivity index (χ4n) is 1.78. The number of aryl methyl sites for hydroxylation is 1. The van der Waals surface area contributed by atoms with E-state index in [4.69, 9.17) is 0 Å². The monoisotopic (exact) mass is 394 g/mol. The van der Waals surface area contributed by atoms with Crippen molar-refractivity contribution in [1.29, 1.82) is 0 Å². The van der Waals surface area contributed by atoms with Gasteiger partial charge in [-0.25, -0.2) is 0 Å². The number of halogens is 1. The Morgan fingerprint density at radius 1 is 1.27 bits per heavy atom. The minimum absolute atomic E-state index is 0.0687. The van der Waals surface area contributed by atoms with Gasteiger partial charge in [-0.15, -0.1) is 16.4 Å². The molecule has 1 aromatic carbocycles. The normalized spacial score (nSPS) is 10.8. The highest BCUT2D eigenvalue weighted by Gasteiger charge is 2.14. The van der Waals surface area contributed by atoms with Crippen LogP contribution >= 0.6 is 39.0 Å². The molecular formula is C14H11BrN4OS2. The Morgan fingerprint density at radius 3 is 2.73 bits per heavy atom. The Labute approximate surface area is 143 Å². The quantitative estimate of drug-likeness (QED) is 0.486. The third-order valence-electron chi connectivity index (χ3n) is 2.90. The van der Waals surface area contributed by atoms with Gasteiger partial charge in [-0.05, 0) is 57.5 Å². The van der Waals surface area contributed by atoms with E-state index in [-0.39, 0.29) is 5.78 Å². The highest BCUT2D eigenvalue weighted by atomic mass is 79.9. The summed E-state index contributed by atoms with van der Waals surface area (Å²) in [7, 11) is 0. The molecule has 0 aliphatic carbocycles. The van der Waals surface area contributed by atoms with Crippen molar-refractivity contribution in [3.63, 3.8) is 0 Å². The van der Waals surface area contributed by atoms with E-state index in [2.05, 4.69) is 31.5 Å². The van der Waals surface area contributed by atoms with E-state index in [1.54, 1.807) is 4.68 Å². The molecule has 0 aliphatic heterocycles.